The summed E-state index contributed by atoms with van der Waals surface area (Å²) in [5.74, 6) is 1.53. The zero-order chi connectivity index (χ0) is 14.4. The number of aliphatic hydroxyl groups excluding tert-OH is 1. The molecule has 0 unspecified atom stereocenters. The zero-order valence-electron chi connectivity index (χ0n) is 12.1. The van der Waals surface area contributed by atoms with Crippen LogP contribution in [-0.2, 0) is 0 Å². The number of aromatic nitrogens is 2. The van der Waals surface area contributed by atoms with Crippen LogP contribution in [0, 0.1) is 0 Å². The van der Waals surface area contributed by atoms with Crippen molar-refractivity contribution >= 4 is 22.7 Å². The molecule has 0 aliphatic rings. The molecule has 0 saturated carbocycles. The van der Waals surface area contributed by atoms with Gasteiger partial charge in [-0.1, -0.05) is 19.1 Å². The number of benzene rings is 1. The molecule has 5 nitrogen and oxygen atoms in total. The number of rotatable bonds is 7. The molecule has 1 aromatic heterocycles. The minimum Gasteiger partial charge on any atom is -0.395 e. The van der Waals surface area contributed by atoms with Gasteiger partial charge in [0, 0.05) is 25.0 Å². The summed E-state index contributed by atoms with van der Waals surface area (Å²) < 4.78 is 0. The Morgan fingerprint density at radius 2 is 1.95 bits per heavy atom. The van der Waals surface area contributed by atoms with E-state index in [1.165, 1.54) is 0 Å². The van der Waals surface area contributed by atoms with Gasteiger partial charge < -0.3 is 15.3 Å². The first-order chi connectivity index (χ1) is 9.80. The average molecular weight is 274 g/mol. The van der Waals surface area contributed by atoms with E-state index in [1.54, 1.807) is 0 Å². The summed E-state index contributed by atoms with van der Waals surface area (Å²) in [6.07, 6.45) is 1.01. The van der Waals surface area contributed by atoms with Crippen LogP contribution in [0.3, 0.4) is 0 Å². The van der Waals surface area contributed by atoms with Gasteiger partial charge in [-0.15, -0.1) is 0 Å². The van der Waals surface area contributed by atoms with E-state index < -0.39 is 0 Å². The number of hydrogen-bond donors (Lipinski definition) is 2. The number of fused-ring (bicyclic) bond motifs is 1. The topological polar surface area (TPSA) is 61.3 Å². The molecule has 0 radical (unpaired) electrons. The Bertz CT molecular complexity index is 553. The van der Waals surface area contributed by atoms with Gasteiger partial charge in [0.1, 0.15) is 5.82 Å². The van der Waals surface area contributed by atoms with Crippen LogP contribution in [0.4, 0.5) is 11.8 Å². The third kappa shape index (κ3) is 3.17. The van der Waals surface area contributed by atoms with Gasteiger partial charge in [-0.3, -0.25) is 0 Å². The molecule has 0 aliphatic heterocycles. The molecule has 0 aliphatic carbocycles. The van der Waals surface area contributed by atoms with Crippen molar-refractivity contribution in [2.45, 2.75) is 20.3 Å². The predicted molar refractivity (Wildman–Crippen MR) is 83.3 cm³/mol. The summed E-state index contributed by atoms with van der Waals surface area (Å²) >= 11 is 0. The fourth-order valence-corrected chi connectivity index (χ4v) is 2.25. The van der Waals surface area contributed by atoms with Crippen LogP contribution in [-0.4, -0.2) is 41.3 Å². The molecule has 1 aromatic carbocycles. The van der Waals surface area contributed by atoms with E-state index in [4.69, 9.17) is 0 Å². The second kappa shape index (κ2) is 7.05. The fraction of sp³-hybridized carbons (Fsp3) is 0.467. The quantitative estimate of drug-likeness (QED) is 0.811. The highest BCUT2D eigenvalue weighted by Crippen LogP contribution is 2.25. The molecule has 0 amide bonds. The highest BCUT2D eigenvalue weighted by atomic mass is 16.3. The lowest BCUT2D eigenvalue weighted by atomic mass is 10.2. The third-order valence-corrected chi connectivity index (χ3v) is 3.08. The van der Waals surface area contributed by atoms with E-state index in [-0.39, 0.29) is 6.61 Å². The van der Waals surface area contributed by atoms with Crippen molar-refractivity contribution in [1.82, 2.24) is 9.97 Å². The molecule has 2 N–H and O–H groups in total. The summed E-state index contributed by atoms with van der Waals surface area (Å²) in [5.41, 5.74) is 0.924. The van der Waals surface area contributed by atoms with Gasteiger partial charge in [-0.05, 0) is 25.5 Å². The molecule has 0 saturated heterocycles. The Balaban J connectivity index is 2.52. The summed E-state index contributed by atoms with van der Waals surface area (Å²) in [6, 6.07) is 7.99. The summed E-state index contributed by atoms with van der Waals surface area (Å²) in [4.78, 5) is 11.3. The number of nitrogens with one attached hydrogen (secondary N) is 1. The Kier molecular flexibility index (Phi) is 5.12. The third-order valence-electron chi connectivity index (χ3n) is 3.08. The molecule has 2 aromatic rings. The summed E-state index contributed by atoms with van der Waals surface area (Å²) in [6.45, 7) is 6.50. The number of nitrogens with zero attached hydrogens (tertiary/aromatic N) is 3. The Morgan fingerprint density at radius 1 is 1.15 bits per heavy atom. The molecule has 20 heavy (non-hydrogen) atoms. The highest BCUT2D eigenvalue weighted by molar-refractivity contribution is 5.90. The van der Waals surface area contributed by atoms with Crippen LogP contribution < -0.4 is 10.2 Å². The van der Waals surface area contributed by atoms with Crippen LogP contribution >= 0.6 is 0 Å². The number of hydrogen-bond acceptors (Lipinski definition) is 5. The van der Waals surface area contributed by atoms with Crippen molar-refractivity contribution in [2.75, 3.05) is 36.5 Å². The SMILES string of the molecule is CCCN(CCO)c1nc(NCC)nc2ccccc12. The predicted octanol–water partition coefficient (Wildman–Crippen LogP) is 2.27. The Morgan fingerprint density at radius 3 is 2.65 bits per heavy atom. The lowest BCUT2D eigenvalue weighted by Crippen LogP contribution is -2.29. The van der Waals surface area contributed by atoms with Crippen LogP contribution in [0.5, 0.6) is 0 Å². The zero-order valence-corrected chi connectivity index (χ0v) is 12.1. The summed E-state index contributed by atoms with van der Waals surface area (Å²) in [7, 11) is 0. The maximum Gasteiger partial charge on any atom is 0.225 e. The van der Waals surface area contributed by atoms with Gasteiger partial charge in [-0.25, -0.2) is 4.98 Å². The normalized spacial score (nSPS) is 10.8. The lowest BCUT2D eigenvalue weighted by Gasteiger charge is -2.24. The first-order valence-electron chi connectivity index (χ1n) is 7.16. The van der Waals surface area contributed by atoms with E-state index in [2.05, 4.69) is 27.1 Å². The standard InChI is InChI=1S/C15H22N4O/c1-3-9-19(10-11-20)14-12-7-5-6-8-13(12)17-15(18-14)16-4-2/h5-8,20H,3-4,9-11H2,1-2H3,(H,16,17,18). The number of aliphatic hydroxyl groups is 1. The average Bonchev–Trinajstić information content (AvgIpc) is 2.46. The van der Waals surface area contributed by atoms with Gasteiger partial charge in [0.05, 0.1) is 12.1 Å². The molecule has 0 spiro atoms. The molecule has 0 atom stereocenters. The molecular formula is C15H22N4O. The van der Waals surface area contributed by atoms with Crippen LogP contribution in [0.1, 0.15) is 20.3 Å². The van der Waals surface area contributed by atoms with Gasteiger partial charge in [-0.2, -0.15) is 4.98 Å². The Labute approximate surface area is 119 Å². The molecule has 0 bridgehead atoms. The number of para-hydroxylation sites is 1. The first kappa shape index (κ1) is 14.5. The van der Waals surface area contributed by atoms with E-state index in [1.807, 2.05) is 31.2 Å². The van der Waals surface area contributed by atoms with Gasteiger partial charge >= 0.3 is 0 Å². The summed E-state index contributed by atoms with van der Waals surface area (Å²) in [5, 5.41) is 13.5. The van der Waals surface area contributed by atoms with Crippen molar-refractivity contribution < 1.29 is 5.11 Å². The van der Waals surface area contributed by atoms with Crippen molar-refractivity contribution in [2.24, 2.45) is 0 Å². The maximum atomic E-state index is 9.27. The van der Waals surface area contributed by atoms with Gasteiger partial charge in [0.2, 0.25) is 5.95 Å². The largest absolute Gasteiger partial charge is 0.395 e. The van der Waals surface area contributed by atoms with Crippen LogP contribution in [0.2, 0.25) is 0 Å². The van der Waals surface area contributed by atoms with E-state index in [9.17, 15) is 5.11 Å². The monoisotopic (exact) mass is 274 g/mol. The van der Waals surface area contributed by atoms with Crippen molar-refractivity contribution in [1.29, 1.82) is 0 Å². The molecule has 1 heterocycles. The minimum atomic E-state index is 0.120. The Hall–Kier alpha value is -1.88. The van der Waals surface area contributed by atoms with Crippen molar-refractivity contribution in [3.05, 3.63) is 24.3 Å². The number of anilines is 2. The van der Waals surface area contributed by atoms with Crippen LogP contribution in [0.25, 0.3) is 10.9 Å². The maximum absolute atomic E-state index is 9.27. The van der Waals surface area contributed by atoms with Gasteiger partial charge in [0.25, 0.3) is 0 Å². The van der Waals surface area contributed by atoms with Crippen molar-refractivity contribution in [3.8, 4) is 0 Å². The minimum absolute atomic E-state index is 0.120. The molecule has 108 valence electrons. The van der Waals surface area contributed by atoms with E-state index >= 15 is 0 Å². The smallest absolute Gasteiger partial charge is 0.225 e. The van der Waals surface area contributed by atoms with Crippen molar-refractivity contribution in [3.63, 3.8) is 0 Å². The van der Waals surface area contributed by atoms with E-state index in [0.717, 1.165) is 36.2 Å². The second-order valence-corrected chi connectivity index (χ2v) is 4.63. The molecule has 0 fully saturated rings. The first-order valence-corrected chi connectivity index (χ1v) is 7.16. The molecule has 2 rings (SSSR count). The van der Waals surface area contributed by atoms with Gasteiger partial charge in [0.15, 0.2) is 0 Å². The molecular weight excluding hydrogens is 252 g/mol. The molecule has 5 heteroatoms. The van der Waals surface area contributed by atoms with E-state index in [0.29, 0.717) is 12.5 Å². The lowest BCUT2D eigenvalue weighted by molar-refractivity contribution is 0.301. The second-order valence-electron chi connectivity index (χ2n) is 4.63. The highest BCUT2D eigenvalue weighted by Gasteiger charge is 2.13. The fourth-order valence-electron chi connectivity index (χ4n) is 2.25. The van der Waals surface area contributed by atoms with Crippen LogP contribution in [0.15, 0.2) is 24.3 Å².